The Bertz CT molecular complexity index is 549. The van der Waals surface area contributed by atoms with Gasteiger partial charge in [-0.05, 0) is 51.2 Å². The summed E-state index contributed by atoms with van der Waals surface area (Å²) in [5, 5.41) is 11.9. The Kier molecular flexibility index (Phi) is 4.70. The highest BCUT2D eigenvalue weighted by atomic mass is 16.5. The second-order valence-electron chi connectivity index (χ2n) is 4.90. The molecule has 2 rings (SSSR count). The smallest absolute Gasteiger partial charge is 0.254 e. The molecule has 20 heavy (non-hydrogen) atoms. The van der Waals surface area contributed by atoms with E-state index in [1.165, 1.54) is 0 Å². The molecular weight excluding hydrogens is 254 g/mol. The van der Waals surface area contributed by atoms with Crippen molar-refractivity contribution in [2.75, 3.05) is 11.9 Å². The van der Waals surface area contributed by atoms with E-state index < -0.39 is 6.10 Å². The summed E-state index contributed by atoms with van der Waals surface area (Å²) in [6.07, 6.45) is 3.55. The molecule has 1 heterocycles. The number of carbonyl (C=O) groups excluding carboxylic acids is 1. The van der Waals surface area contributed by atoms with E-state index in [1.807, 2.05) is 13.0 Å². The molecule has 1 aliphatic carbocycles. The molecule has 1 aromatic rings. The number of nitrogens with one attached hydrogen (secondary N) is 1. The molecule has 5 heteroatoms. The first kappa shape index (κ1) is 14.5. The highest BCUT2D eigenvalue weighted by molar-refractivity contribution is 5.94. The van der Waals surface area contributed by atoms with Gasteiger partial charge in [-0.1, -0.05) is 0 Å². The molecule has 0 aliphatic heterocycles. The molecule has 0 spiro atoms. The SMILES string of the molecule is CCO[C@@H](C)C(=O)Nc1nc2c(cc1C#N)CCCC2. The third-order valence-corrected chi connectivity index (χ3v) is 3.45. The number of nitriles is 1. The number of fused-ring (bicyclic) bond motifs is 1. The number of hydrogen-bond donors (Lipinski definition) is 1. The third-order valence-electron chi connectivity index (χ3n) is 3.45. The summed E-state index contributed by atoms with van der Waals surface area (Å²) in [6, 6.07) is 3.95. The number of carbonyl (C=O) groups is 1. The van der Waals surface area contributed by atoms with Crippen molar-refractivity contribution in [1.29, 1.82) is 5.26 Å². The molecule has 0 bridgehead atoms. The zero-order valence-corrected chi connectivity index (χ0v) is 11.9. The van der Waals surface area contributed by atoms with E-state index in [0.29, 0.717) is 18.0 Å². The van der Waals surface area contributed by atoms with Crippen LogP contribution in [0.15, 0.2) is 6.07 Å². The van der Waals surface area contributed by atoms with Crippen molar-refractivity contribution >= 4 is 11.7 Å². The van der Waals surface area contributed by atoms with Gasteiger partial charge in [-0.15, -0.1) is 0 Å². The number of ether oxygens (including phenoxy) is 1. The molecule has 1 atom stereocenters. The van der Waals surface area contributed by atoms with Gasteiger partial charge >= 0.3 is 0 Å². The maximum Gasteiger partial charge on any atom is 0.254 e. The van der Waals surface area contributed by atoms with Gasteiger partial charge in [-0.3, -0.25) is 4.79 Å². The van der Waals surface area contributed by atoms with E-state index in [9.17, 15) is 10.1 Å². The Hall–Kier alpha value is -1.93. The lowest BCUT2D eigenvalue weighted by atomic mass is 9.95. The van der Waals surface area contributed by atoms with E-state index in [4.69, 9.17) is 4.74 Å². The fourth-order valence-corrected chi connectivity index (χ4v) is 2.36. The van der Waals surface area contributed by atoms with Crippen molar-refractivity contribution in [3.8, 4) is 6.07 Å². The molecule has 106 valence electrons. The van der Waals surface area contributed by atoms with Crippen molar-refractivity contribution in [2.24, 2.45) is 0 Å². The van der Waals surface area contributed by atoms with E-state index in [0.717, 1.165) is 36.9 Å². The number of hydrogen-bond acceptors (Lipinski definition) is 4. The van der Waals surface area contributed by atoms with Crippen LogP contribution in [-0.2, 0) is 22.4 Å². The summed E-state index contributed by atoms with van der Waals surface area (Å²) in [5.41, 5.74) is 2.54. The highest BCUT2D eigenvalue weighted by Gasteiger charge is 2.19. The standard InChI is InChI=1S/C15H19N3O2/c1-3-20-10(2)15(19)18-14-12(9-16)8-11-6-4-5-7-13(11)17-14/h8,10H,3-7H2,1-2H3,(H,17,18,19)/t10-/m0/s1. The summed E-state index contributed by atoms with van der Waals surface area (Å²) in [7, 11) is 0. The molecule has 1 aliphatic rings. The van der Waals surface area contributed by atoms with Crippen LogP contribution in [0, 0.1) is 11.3 Å². The van der Waals surface area contributed by atoms with E-state index >= 15 is 0 Å². The number of anilines is 1. The van der Waals surface area contributed by atoms with E-state index in [-0.39, 0.29) is 5.91 Å². The van der Waals surface area contributed by atoms with Crippen LogP contribution in [0.3, 0.4) is 0 Å². The molecule has 1 N–H and O–H groups in total. The predicted molar refractivity (Wildman–Crippen MR) is 75.3 cm³/mol. The first-order chi connectivity index (χ1) is 9.65. The number of aromatic nitrogens is 1. The summed E-state index contributed by atoms with van der Waals surface area (Å²) in [4.78, 5) is 16.4. The average Bonchev–Trinajstić information content (AvgIpc) is 2.46. The number of nitrogens with zero attached hydrogens (tertiary/aromatic N) is 2. The van der Waals surface area contributed by atoms with Crippen molar-refractivity contribution in [3.05, 3.63) is 22.9 Å². The molecule has 1 amide bonds. The van der Waals surface area contributed by atoms with Gasteiger partial charge in [0.05, 0.1) is 5.56 Å². The second kappa shape index (κ2) is 6.49. The largest absolute Gasteiger partial charge is 0.369 e. The lowest BCUT2D eigenvalue weighted by molar-refractivity contribution is -0.126. The number of amides is 1. The molecular formula is C15H19N3O2. The first-order valence-electron chi connectivity index (χ1n) is 7.01. The van der Waals surface area contributed by atoms with Crippen molar-refractivity contribution in [2.45, 2.75) is 45.6 Å². The van der Waals surface area contributed by atoms with Crippen LogP contribution in [0.25, 0.3) is 0 Å². The highest BCUT2D eigenvalue weighted by Crippen LogP contribution is 2.24. The third kappa shape index (κ3) is 3.14. The van der Waals surface area contributed by atoms with Crippen LogP contribution in [-0.4, -0.2) is 23.6 Å². The monoisotopic (exact) mass is 273 g/mol. The van der Waals surface area contributed by atoms with Gasteiger partial charge in [0, 0.05) is 12.3 Å². The normalized spacial score (nSPS) is 15.1. The lowest BCUT2D eigenvalue weighted by Crippen LogP contribution is -2.28. The lowest BCUT2D eigenvalue weighted by Gasteiger charge is -2.18. The van der Waals surface area contributed by atoms with Crippen LogP contribution in [0.5, 0.6) is 0 Å². The Morgan fingerprint density at radius 2 is 2.30 bits per heavy atom. The van der Waals surface area contributed by atoms with Gasteiger partial charge in [-0.25, -0.2) is 4.98 Å². The molecule has 0 saturated carbocycles. The minimum Gasteiger partial charge on any atom is -0.369 e. The Balaban J connectivity index is 2.23. The van der Waals surface area contributed by atoms with Gasteiger partial charge in [0.1, 0.15) is 12.2 Å². The van der Waals surface area contributed by atoms with Crippen LogP contribution < -0.4 is 5.32 Å². The fourth-order valence-electron chi connectivity index (χ4n) is 2.36. The second-order valence-corrected chi connectivity index (χ2v) is 4.90. The molecule has 0 saturated heterocycles. The van der Waals surface area contributed by atoms with Gasteiger partial charge in [-0.2, -0.15) is 5.26 Å². The number of rotatable bonds is 4. The summed E-state index contributed by atoms with van der Waals surface area (Å²) in [6.45, 7) is 3.99. The summed E-state index contributed by atoms with van der Waals surface area (Å²) >= 11 is 0. The Morgan fingerprint density at radius 1 is 1.55 bits per heavy atom. The van der Waals surface area contributed by atoms with E-state index in [2.05, 4.69) is 16.4 Å². The zero-order chi connectivity index (χ0) is 14.5. The molecule has 0 radical (unpaired) electrons. The first-order valence-corrected chi connectivity index (χ1v) is 7.01. The minimum atomic E-state index is -0.552. The average molecular weight is 273 g/mol. The number of aryl methyl sites for hydroxylation is 2. The summed E-state index contributed by atoms with van der Waals surface area (Å²) in [5.74, 6) is 0.0799. The van der Waals surface area contributed by atoms with Gasteiger partial charge in [0.15, 0.2) is 5.82 Å². The molecule has 0 unspecified atom stereocenters. The van der Waals surface area contributed by atoms with Crippen LogP contribution in [0.1, 0.15) is 43.5 Å². The summed E-state index contributed by atoms with van der Waals surface area (Å²) < 4.78 is 5.24. The van der Waals surface area contributed by atoms with Crippen LogP contribution in [0.2, 0.25) is 0 Å². The minimum absolute atomic E-state index is 0.272. The maximum atomic E-state index is 12.0. The molecule has 0 aromatic carbocycles. The predicted octanol–water partition coefficient (Wildman–Crippen LogP) is 2.20. The Morgan fingerprint density at radius 3 is 3.00 bits per heavy atom. The van der Waals surface area contributed by atoms with Crippen LogP contribution >= 0.6 is 0 Å². The van der Waals surface area contributed by atoms with E-state index in [1.54, 1.807) is 6.92 Å². The maximum absolute atomic E-state index is 12.0. The van der Waals surface area contributed by atoms with Gasteiger partial charge in [0.2, 0.25) is 0 Å². The Labute approximate surface area is 119 Å². The van der Waals surface area contributed by atoms with Crippen LogP contribution in [0.4, 0.5) is 5.82 Å². The van der Waals surface area contributed by atoms with Crippen molar-refractivity contribution in [3.63, 3.8) is 0 Å². The topological polar surface area (TPSA) is 75.0 Å². The zero-order valence-electron chi connectivity index (χ0n) is 11.9. The molecule has 1 aromatic heterocycles. The quantitative estimate of drug-likeness (QED) is 0.912. The fraction of sp³-hybridized carbons (Fsp3) is 0.533. The van der Waals surface area contributed by atoms with Crippen molar-refractivity contribution < 1.29 is 9.53 Å². The van der Waals surface area contributed by atoms with Gasteiger partial charge in [0.25, 0.3) is 5.91 Å². The van der Waals surface area contributed by atoms with Gasteiger partial charge < -0.3 is 10.1 Å². The number of pyridine rings is 1. The molecule has 0 fully saturated rings. The molecule has 5 nitrogen and oxygen atoms in total. The van der Waals surface area contributed by atoms with Crippen molar-refractivity contribution in [1.82, 2.24) is 4.98 Å².